The molecule has 2 aromatic rings. The first kappa shape index (κ1) is 38.5. The van der Waals surface area contributed by atoms with E-state index in [0.29, 0.717) is 18.0 Å². The lowest BCUT2D eigenvalue weighted by atomic mass is 9.65. The Labute approximate surface area is 319 Å². The van der Waals surface area contributed by atoms with Crippen LogP contribution in [0, 0.1) is 11.8 Å². The number of phenolic OH excluding ortho intramolecular Hbond substituents is 1. The van der Waals surface area contributed by atoms with Crippen molar-refractivity contribution in [2.24, 2.45) is 11.8 Å². The van der Waals surface area contributed by atoms with Crippen LogP contribution in [0.25, 0.3) is 0 Å². The van der Waals surface area contributed by atoms with Crippen molar-refractivity contribution in [1.82, 2.24) is 25.3 Å². The van der Waals surface area contributed by atoms with E-state index in [1.54, 1.807) is 12.1 Å². The molecule has 13 nitrogen and oxygen atoms in total. The molecular formula is C41H59N5O8. The molecule has 0 saturated carbocycles. The molecule has 3 N–H and O–H groups in total. The number of nitrogens with one attached hydrogen (secondary N) is 2. The van der Waals surface area contributed by atoms with Crippen molar-refractivity contribution in [3.8, 4) is 28.7 Å². The molecule has 0 spiro atoms. The second kappa shape index (κ2) is 18.2. The maximum Gasteiger partial charge on any atom is 0.310 e. The summed E-state index contributed by atoms with van der Waals surface area (Å²) in [7, 11) is 2.95. The van der Waals surface area contributed by atoms with Gasteiger partial charge in [0.15, 0.2) is 23.0 Å². The predicted molar refractivity (Wildman–Crippen MR) is 204 cm³/mol. The zero-order valence-corrected chi connectivity index (χ0v) is 32.1. The average Bonchev–Trinajstić information content (AvgIpc) is 3.82. The van der Waals surface area contributed by atoms with Gasteiger partial charge in [0.05, 0.1) is 39.3 Å². The van der Waals surface area contributed by atoms with E-state index in [4.69, 9.17) is 23.7 Å². The predicted octanol–water partition coefficient (Wildman–Crippen LogP) is 3.87. The number of hydrogen-bond donors (Lipinski definition) is 3. The lowest BCUT2D eigenvalue weighted by molar-refractivity contribution is -0.141. The van der Waals surface area contributed by atoms with Crippen LogP contribution >= 0.6 is 0 Å². The van der Waals surface area contributed by atoms with Crippen LogP contribution in [-0.4, -0.2) is 131 Å². The molecular weight excluding hydrogens is 690 g/mol. The molecule has 0 unspecified atom stereocenters. The summed E-state index contributed by atoms with van der Waals surface area (Å²) in [6.45, 7) is 11.3. The van der Waals surface area contributed by atoms with E-state index in [1.807, 2.05) is 12.1 Å². The highest BCUT2D eigenvalue weighted by atomic mass is 16.7. The summed E-state index contributed by atoms with van der Waals surface area (Å²) in [6, 6.07) is 6.84. The number of benzene rings is 2. The minimum absolute atomic E-state index is 0.0783. The number of phenols is 1. The second-order valence-electron chi connectivity index (χ2n) is 15.5. The number of amides is 1. The number of fused-ring (bicyclic) bond motifs is 3. The fourth-order valence-electron chi connectivity index (χ4n) is 9.10. The van der Waals surface area contributed by atoms with Crippen molar-refractivity contribution in [2.75, 3.05) is 99.6 Å². The van der Waals surface area contributed by atoms with Gasteiger partial charge >= 0.3 is 5.97 Å². The lowest BCUT2D eigenvalue weighted by Gasteiger charge is -2.40. The highest BCUT2D eigenvalue weighted by Gasteiger charge is 2.53. The van der Waals surface area contributed by atoms with Crippen LogP contribution in [0.4, 0.5) is 0 Å². The molecule has 4 heterocycles. The van der Waals surface area contributed by atoms with E-state index < -0.39 is 17.9 Å². The minimum Gasteiger partial charge on any atom is -0.502 e. The summed E-state index contributed by atoms with van der Waals surface area (Å²) >= 11 is 0. The van der Waals surface area contributed by atoms with Gasteiger partial charge in [-0.3, -0.25) is 14.5 Å². The standard InChI is InChI=1S/C41H59N5O8/c1-50-34-21-28(22-35(51-2)40(34)48)37-29-23-32-33(54-27-53-32)24-30(29)39(31-26-52-41(49)38(31)37)43-36(47)25-46-19-17-45(18-20-46)14-10-8-6-4-3-5-7-9-13-44-15-11-42-12-16-44/h21-24,31,37-39,42,48H,3-20,25-27H2,1-2H3,(H,43,47)/t31-,37+,38-,39+/m0/s1. The van der Waals surface area contributed by atoms with Crippen LogP contribution in [0.2, 0.25) is 0 Å². The van der Waals surface area contributed by atoms with E-state index in [0.717, 1.165) is 62.5 Å². The largest absolute Gasteiger partial charge is 0.502 e. The summed E-state index contributed by atoms with van der Waals surface area (Å²) in [6.07, 6.45) is 10.6. The molecule has 296 valence electrons. The number of hydrogen-bond acceptors (Lipinski definition) is 12. The summed E-state index contributed by atoms with van der Waals surface area (Å²) in [5, 5.41) is 17.4. The number of nitrogens with zero attached hydrogens (tertiary/aromatic N) is 3. The van der Waals surface area contributed by atoms with Gasteiger partial charge in [0.25, 0.3) is 0 Å². The Hall–Kier alpha value is -3.78. The van der Waals surface area contributed by atoms with E-state index in [-0.39, 0.29) is 48.4 Å². The van der Waals surface area contributed by atoms with Gasteiger partial charge in [0.1, 0.15) is 0 Å². The number of esters is 1. The van der Waals surface area contributed by atoms with Crippen molar-refractivity contribution in [3.05, 3.63) is 41.0 Å². The van der Waals surface area contributed by atoms with Gasteiger partial charge in [-0.2, -0.15) is 0 Å². The van der Waals surface area contributed by atoms with E-state index in [2.05, 4.69) is 25.3 Å². The summed E-state index contributed by atoms with van der Waals surface area (Å²) in [5.41, 5.74) is 2.42. The zero-order chi connectivity index (χ0) is 37.4. The number of carbonyl (C=O) groups excluding carboxylic acids is 2. The van der Waals surface area contributed by atoms with Crippen molar-refractivity contribution in [1.29, 1.82) is 0 Å². The summed E-state index contributed by atoms with van der Waals surface area (Å²) in [4.78, 5) is 34.6. The van der Waals surface area contributed by atoms with Gasteiger partial charge in [-0.15, -0.1) is 0 Å². The number of aromatic hydroxyl groups is 1. The van der Waals surface area contributed by atoms with Crippen molar-refractivity contribution in [2.45, 2.75) is 63.3 Å². The first-order valence-corrected chi connectivity index (χ1v) is 20.2. The maximum atomic E-state index is 13.7. The fourth-order valence-corrected chi connectivity index (χ4v) is 9.10. The monoisotopic (exact) mass is 749 g/mol. The van der Waals surface area contributed by atoms with Crippen LogP contribution < -0.4 is 29.6 Å². The third-order valence-electron chi connectivity index (χ3n) is 12.1. The quantitative estimate of drug-likeness (QED) is 0.160. The van der Waals surface area contributed by atoms with Gasteiger partial charge in [-0.05, 0) is 66.9 Å². The molecule has 2 aromatic carbocycles. The molecule has 54 heavy (non-hydrogen) atoms. The first-order chi connectivity index (χ1) is 26.4. The molecule has 4 aliphatic heterocycles. The van der Waals surface area contributed by atoms with Crippen LogP contribution in [-0.2, 0) is 14.3 Å². The first-order valence-electron chi connectivity index (χ1n) is 20.2. The van der Waals surface area contributed by atoms with Crippen molar-refractivity contribution >= 4 is 11.9 Å². The molecule has 7 rings (SSSR count). The number of ether oxygens (including phenoxy) is 5. The number of methoxy groups -OCH3 is 2. The van der Waals surface area contributed by atoms with Crippen LogP contribution in [0.15, 0.2) is 24.3 Å². The molecule has 3 saturated heterocycles. The second-order valence-corrected chi connectivity index (χ2v) is 15.5. The SMILES string of the molecule is COc1cc([C@@H]2c3cc4c(cc3[C@@H](NC(=O)CN3CCN(CCCCCCCCCCN5CCNCC5)CC3)[C@H]3COC(=O)[C@H]23)OCO4)cc(OC)c1O. The van der Waals surface area contributed by atoms with Gasteiger partial charge < -0.3 is 49.2 Å². The molecule has 1 aliphatic carbocycles. The molecule has 4 atom stereocenters. The molecule has 13 heteroatoms. The molecule has 5 aliphatic rings. The van der Waals surface area contributed by atoms with Crippen LogP contribution in [0.3, 0.4) is 0 Å². The van der Waals surface area contributed by atoms with Gasteiger partial charge in [0.2, 0.25) is 18.4 Å². The van der Waals surface area contributed by atoms with Gasteiger partial charge in [-0.1, -0.05) is 38.5 Å². The molecule has 0 radical (unpaired) electrons. The summed E-state index contributed by atoms with van der Waals surface area (Å²) in [5.74, 6) is -0.224. The minimum atomic E-state index is -0.585. The average molecular weight is 750 g/mol. The topological polar surface area (TPSA) is 134 Å². The Kier molecular flexibility index (Phi) is 13.0. The maximum absolute atomic E-state index is 13.7. The van der Waals surface area contributed by atoms with Crippen molar-refractivity contribution < 1.29 is 38.4 Å². The highest BCUT2D eigenvalue weighted by Crippen LogP contribution is 2.55. The number of unbranched alkanes of at least 4 members (excludes halogenated alkanes) is 7. The fraction of sp³-hybridized carbons (Fsp3) is 0.659. The molecule has 0 bridgehead atoms. The van der Waals surface area contributed by atoms with Gasteiger partial charge in [-0.25, -0.2) is 0 Å². The Balaban J connectivity index is 0.902. The Bertz CT molecular complexity index is 1570. The zero-order valence-electron chi connectivity index (χ0n) is 32.1. The van der Waals surface area contributed by atoms with E-state index in [9.17, 15) is 14.7 Å². The third kappa shape index (κ3) is 8.85. The number of piperazine rings is 2. The van der Waals surface area contributed by atoms with Crippen molar-refractivity contribution in [3.63, 3.8) is 0 Å². The smallest absolute Gasteiger partial charge is 0.310 e. The Morgan fingerprint density at radius 2 is 1.33 bits per heavy atom. The number of carbonyl (C=O) groups is 2. The third-order valence-corrected chi connectivity index (χ3v) is 12.1. The number of rotatable bonds is 17. The van der Waals surface area contributed by atoms with E-state index >= 15 is 0 Å². The normalized spacial score (nSPS) is 24.1. The van der Waals surface area contributed by atoms with Crippen LogP contribution in [0.5, 0.6) is 28.7 Å². The number of cyclic esters (lactones) is 1. The lowest BCUT2D eigenvalue weighted by Crippen LogP contribution is -2.51. The molecule has 1 amide bonds. The highest BCUT2D eigenvalue weighted by molar-refractivity contribution is 5.82. The van der Waals surface area contributed by atoms with Crippen LogP contribution in [0.1, 0.15) is 80.0 Å². The summed E-state index contributed by atoms with van der Waals surface area (Å²) < 4.78 is 28.2. The van der Waals surface area contributed by atoms with Gasteiger partial charge in [0, 0.05) is 64.2 Å². The molecule has 0 aromatic heterocycles. The molecule has 3 fully saturated rings. The van der Waals surface area contributed by atoms with E-state index in [1.165, 1.54) is 85.2 Å². The Morgan fingerprint density at radius 3 is 1.94 bits per heavy atom. The Morgan fingerprint density at radius 1 is 0.778 bits per heavy atom.